The third-order valence-electron chi connectivity index (χ3n) is 3.53. The second-order valence-corrected chi connectivity index (χ2v) is 7.15. The molecule has 0 amide bonds. The summed E-state index contributed by atoms with van der Waals surface area (Å²) in [6.45, 7) is 13.6. The van der Waals surface area contributed by atoms with Gasteiger partial charge < -0.3 is 0 Å². The first-order chi connectivity index (χ1) is 7.69. The molecule has 92 valence electrons. The van der Waals surface area contributed by atoms with Crippen LogP contribution in [-0.2, 0) is 5.41 Å². The van der Waals surface area contributed by atoms with Gasteiger partial charge in [0.25, 0.3) is 0 Å². The van der Waals surface area contributed by atoms with Crippen molar-refractivity contribution in [3.05, 3.63) is 29.3 Å². The number of hydrogen-bond donors (Lipinski definition) is 0. The van der Waals surface area contributed by atoms with Crippen LogP contribution in [0.5, 0.6) is 0 Å². The van der Waals surface area contributed by atoms with E-state index in [1.807, 2.05) is 0 Å². The maximum Gasteiger partial charge on any atom is 0.0667 e. The van der Waals surface area contributed by atoms with Gasteiger partial charge in [0.2, 0.25) is 0 Å². The van der Waals surface area contributed by atoms with E-state index in [1.54, 1.807) is 0 Å². The van der Waals surface area contributed by atoms with Crippen LogP contribution in [0.2, 0.25) is 0 Å². The highest BCUT2D eigenvalue weighted by Crippen LogP contribution is 2.43. The molecule has 0 bridgehead atoms. The average molecular weight is 229 g/mol. The second kappa shape index (κ2) is 3.69. The molecule has 0 aliphatic carbocycles. The van der Waals surface area contributed by atoms with Crippen LogP contribution in [0.15, 0.2) is 23.2 Å². The maximum atomic E-state index is 4.60. The van der Waals surface area contributed by atoms with Crippen molar-refractivity contribution in [1.29, 1.82) is 0 Å². The van der Waals surface area contributed by atoms with Crippen LogP contribution in [0.1, 0.15) is 58.6 Å². The lowest BCUT2D eigenvalue weighted by Crippen LogP contribution is -2.18. The number of benzene rings is 1. The Kier molecular flexibility index (Phi) is 2.68. The number of rotatable bonds is 0. The van der Waals surface area contributed by atoms with Crippen LogP contribution in [0.25, 0.3) is 0 Å². The first kappa shape index (κ1) is 12.3. The van der Waals surface area contributed by atoms with E-state index >= 15 is 0 Å². The van der Waals surface area contributed by atoms with Crippen molar-refractivity contribution in [2.75, 3.05) is 0 Å². The molecule has 0 N–H and O–H groups in total. The van der Waals surface area contributed by atoms with Crippen molar-refractivity contribution < 1.29 is 0 Å². The Morgan fingerprint density at radius 1 is 1.00 bits per heavy atom. The molecule has 1 aliphatic rings. The predicted octanol–water partition coefficient (Wildman–Crippen LogP) is 4.83. The van der Waals surface area contributed by atoms with Crippen LogP contribution in [0, 0.1) is 5.41 Å². The van der Waals surface area contributed by atoms with Gasteiger partial charge in [0.05, 0.1) is 5.69 Å². The van der Waals surface area contributed by atoms with E-state index in [2.05, 4.69) is 70.9 Å². The zero-order valence-electron chi connectivity index (χ0n) is 11.8. The Balaban J connectivity index is 2.43. The predicted molar refractivity (Wildman–Crippen MR) is 75.5 cm³/mol. The molecule has 0 saturated heterocycles. The van der Waals surface area contributed by atoms with Crippen LogP contribution in [0.3, 0.4) is 0 Å². The monoisotopic (exact) mass is 229 g/mol. The Morgan fingerprint density at radius 3 is 2.18 bits per heavy atom. The van der Waals surface area contributed by atoms with Gasteiger partial charge in [-0.2, -0.15) is 0 Å². The van der Waals surface area contributed by atoms with Crippen LogP contribution in [-0.4, -0.2) is 6.21 Å². The van der Waals surface area contributed by atoms with Crippen molar-refractivity contribution in [3.63, 3.8) is 0 Å². The Hall–Kier alpha value is -1.11. The van der Waals surface area contributed by atoms with Gasteiger partial charge in [-0.15, -0.1) is 0 Å². The zero-order chi connectivity index (χ0) is 12.8. The maximum absolute atomic E-state index is 4.60. The smallest absolute Gasteiger partial charge is 0.0667 e. The number of fused-ring (bicyclic) bond motifs is 1. The summed E-state index contributed by atoms with van der Waals surface area (Å²) in [7, 11) is 0. The molecule has 1 heteroatoms. The van der Waals surface area contributed by atoms with Crippen LogP contribution >= 0.6 is 0 Å². The summed E-state index contributed by atoms with van der Waals surface area (Å²) in [5.41, 5.74) is 4.35. The van der Waals surface area contributed by atoms with Gasteiger partial charge in [0.15, 0.2) is 0 Å². The number of aliphatic imine (C=N–C) groups is 1. The molecule has 1 aliphatic heterocycles. The fraction of sp³-hybridized carbons (Fsp3) is 0.562. The molecule has 1 aromatic rings. The van der Waals surface area contributed by atoms with Crippen LogP contribution in [0.4, 0.5) is 5.69 Å². The number of hydrogen-bond acceptors (Lipinski definition) is 1. The quantitative estimate of drug-likeness (QED) is 0.604. The molecular formula is C16H23N. The minimum atomic E-state index is 0.199. The third-order valence-corrected chi connectivity index (χ3v) is 3.53. The summed E-state index contributed by atoms with van der Waals surface area (Å²) in [6, 6.07) is 6.77. The summed E-state index contributed by atoms with van der Waals surface area (Å²) in [6.07, 6.45) is 2.11. The fourth-order valence-corrected chi connectivity index (χ4v) is 2.31. The lowest BCUT2D eigenvalue weighted by atomic mass is 9.77. The van der Waals surface area contributed by atoms with Gasteiger partial charge in [-0.3, -0.25) is 4.99 Å². The van der Waals surface area contributed by atoms with E-state index in [4.69, 9.17) is 0 Å². The highest BCUT2D eigenvalue weighted by Gasteiger charge is 2.30. The third kappa shape index (κ3) is 2.29. The summed E-state index contributed by atoms with van der Waals surface area (Å²) in [4.78, 5) is 4.60. The molecule has 0 aromatic heterocycles. The van der Waals surface area contributed by atoms with E-state index in [1.165, 1.54) is 11.1 Å². The Bertz CT molecular complexity index is 455. The molecule has 0 fully saturated rings. The summed E-state index contributed by atoms with van der Waals surface area (Å²) < 4.78 is 0. The zero-order valence-corrected chi connectivity index (χ0v) is 11.8. The van der Waals surface area contributed by atoms with Gasteiger partial charge in [-0.05, 0) is 28.0 Å². The van der Waals surface area contributed by atoms with Gasteiger partial charge in [-0.1, -0.05) is 53.7 Å². The largest absolute Gasteiger partial charge is 0.260 e. The molecule has 1 unspecified atom stereocenters. The van der Waals surface area contributed by atoms with E-state index in [-0.39, 0.29) is 10.8 Å². The van der Waals surface area contributed by atoms with Crippen LogP contribution < -0.4 is 0 Å². The molecule has 1 atom stereocenters. The summed E-state index contributed by atoms with van der Waals surface area (Å²) >= 11 is 0. The van der Waals surface area contributed by atoms with E-state index < -0.39 is 0 Å². The first-order valence-corrected chi connectivity index (χ1v) is 6.38. The van der Waals surface area contributed by atoms with E-state index in [0.717, 1.165) is 5.69 Å². The van der Waals surface area contributed by atoms with E-state index in [9.17, 15) is 0 Å². The van der Waals surface area contributed by atoms with Crippen molar-refractivity contribution in [1.82, 2.24) is 0 Å². The number of nitrogens with zero attached hydrogens (tertiary/aromatic N) is 1. The van der Waals surface area contributed by atoms with Gasteiger partial charge in [-0.25, -0.2) is 0 Å². The standard InChI is InChI=1S/C16H23N/c1-15(2,3)11-7-8-12-13(16(4,5)6)10-17-14(12)9-11/h7-10,13H,1-6H3. The average Bonchev–Trinajstić information content (AvgIpc) is 2.57. The first-order valence-electron chi connectivity index (χ1n) is 6.38. The highest BCUT2D eigenvalue weighted by molar-refractivity contribution is 5.81. The van der Waals surface area contributed by atoms with Crippen molar-refractivity contribution >= 4 is 11.9 Å². The van der Waals surface area contributed by atoms with Crippen molar-refractivity contribution in [3.8, 4) is 0 Å². The van der Waals surface area contributed by atoms with Gasteiger partial charge >= 0.3 is 0 Å². The molecule has 1 heterocycles. The molecular weight excluding hydrogens is 206 g/mol. The molecule has 1 aromatic carbocycles. The second-order valence-electron chi connectivity index (χ2n) is 7.15. The van der Waals surface area contributed by atoms with Gasteiger partial charge in [0.1, 0.15) is 0 Å². The molecule has 0 radical (unpaired) electrons. The highest BCUT2D eigenvalue weighted by atomic mass is 14.8. The van der Waals surface area contributed by atoms with Crippen molar-refractivity contribution in [2.24, 2.45) is 10.4 Å². The lowest BCUT2D eigenvalue weighted by Gasteiger charge is -2.26. The molecule has 0 saturated carbocycles. The van der Waals surface area contributed by atoms with Gasteiger partial charge in [0, 0.05) is 12.1 Å². The summed E-state index contributed by atoms with van der Waals surface area (Å²) in [5, 5.41) is 0. The summed E-state index contributed by atoms with van der Waals surface area (Å²) in [5.74, 6) is 0.450. The minimum absolute atomic E-state index is 0.199. The molecule has 2 rings (SSSR count). The molecule has 17 heavy (non-hydrogen) atoms. The van der Waals surface area contributed by atoms with Crippen molar-refractivity contribution in [2.45, 2.75) is 52.9 Å². The Morgan fingerprint density at radius 2 is 1.65 bits per heavy atom. The normalized spacial score (nSPS) is 19.5. The lowest BCUT2D eigenvalue weighted by molar-refractivity contribution is 0.390. The van der Waals surface area contributed by atoms with E-state index in [0.29, 0.717) is 5.92 Å². The fourth-order valence-electron chi connectivity index (χ4n) is 2.31. The SMILES string of the molecule is CC(C)(C)c1ccc2c(c1)N=CC2C(C)(C)C. The molecule has 1 nitrogen and oxygen atoms in total. The topological polar surface area (TPSA) is 12.4 Å². The molecule has 0 spiro atoms. The minimum Gasteiger partial charge on any atom is -0.260 e. The Labute approximate surface area is 105 Å².